The van der Waals surface area contributed by atoms with Crippen molar-refractivity contribution in [2.75, 3.05) is 66.6 Å². The molecule has 390 valence electrons. The van der Waals surface area contributed by atoms with Gasteiger partial charge in [0.25, 0.3) is 5.91 Å². The molecule has 17 nitrogen and oxygen atoms in total. The molecule has 72 heavy (non-hydrogen) atoms. The molecule has 5 atom stereocenters. The van der Waals surface area contributed by atoms with Crippen molar-refractivity contribution in [2.45, 2.75) is 136 Å². The summed E-state index contributed by atoms with van der Waals surface area (Å²) in [5.74, 6) is -1.75. The number of fused-ring (bicyclic) bond motifs is 6. The Kier molecular flexibility index (Phi) is 15.4. The third-order valence-corrected chi connectivity index (χ3v) is 15.5. The summed E-state index contributed by atoms with van der Waals surface area (Å²) in [6.45, 7) is 23.4. The lowest BCUT2D eigenvalue weighted by atomic mass is 9.84. The Labute approximate surface area is 425 Å². The number of hydrogen-bond acceptors (Lipinski definition) is 11. The number of amides is 5. The number of esters is 1. The van der Waals surface area contributed by atoms with Gasteiger partial charge in [-0.15, -0.1) is 0 Å². The SMILES string of the molecule is C=CC(=O)N1CC2(CCN(C(=O)N(C)[C@H](C(=O)N[C@H]3CN4CCC=C(C4)c4ccc5c(c4)c(c(-c4cccnc4[C@H](C)OC)n5CC)CC(C)(C)COC(=O)[C@@H]4CCCN(N4)C3=O)C(C)C)CC2)OC1(C)C. The van der Waals surface area contributed by atoms with Gasteiger partial charge in [0.1, 0.15) is 23.9 Å². The highest BCUT2D eigenvalue weighted by atomic mass is 16.6. The lowest BCUT2D eigenvalue weighted by Gasteiger charge is -2.42. The average Bonchev–Trinajstić information content (AvgIpc) is 3.82. The summed E-state index contributed by atoms with van der Waals surface area (Å²) in [5, 5.41) is 5.71. The number of methoxy groups -OCH3 is 1. The Morgan fingerprint density at radius 1 is 1.07 bits per heavy atom. The molecule has 5 aliphatic rings. The number of aromatic nitrogens is 2. The van der Waals surface area contributed by atoms with E-state index in [1.54, 1.807) is 30.2 Å². The molecular formula is C55H77N9O8. The summed E-state index contributed by atoms with van der Waals surface area (Å²) in [5.41, 5.74) is 8.64. The number of likely N-dealkylation sites (tertiary alicyclic amines) is 1. The highest BCUT2D eigenvalue weighted by Gasteiger charge is 2.53. The zero-order valence-electron chi connectivity index (χ0n) is 44.2. The minimum atomic E-state index is -1.01. The number of hydrogen-bond donors (Lipinski definition) is 2. The number of hydrazine groups is 1. The number of ether oxygens (including phenoxy) is 3. The molecule has 0 aliphatic carbocycles. The number of nitrogens with zero attached hydrogens (tertiary/aromatic N) is 7. The van der Waals surface area contributed by atoms with Crippen molar-refractivity contribution in [3.63, 3.8) is 0 Å². The number of benzene rings is 1. The van der Waals surface area contributed by atoms with E-state index >= 15 is 0 Å². The van der Waals surface area contributed by atoms with Crippen molar-refractivity contribution in [2.24, 2.45) is 11.3 Å². The van der Waals surface area contributed by atoms with Gasteiger partial charge < -0.3 is 38.8 Å². The van der Waals surface area contributed by atoms with Crippen LogP contribution in [0.3, 0.4) is 0 Å². The summed E-state index contributed by atoms with van der Waals surface area (Å²) < 4.78 is 20.9. The fourth-order valence-electron chi connectivity index (χ4n) is 11.7. The van der Waals surface area contributed by atoms with E-state index in [0.29, 0.717) is 77.9 Å². The lowest BCUT2D eigenvalue weighted by molar-refractivity contribution is -0.155. The maximum absolute atomic E-state index is 14.9. The molecular weight excluding hydrogens is 915 g/mol. The second-order valence-electron chi connectivity index (χ2n) is 22.1. The van der Waals surface area contributed by atoms with E-state index in [0.717, 1.165) is 51.0 Å². The predicted molar refractivity (Wildman–Crippen MR) is 276 cm³/mol. The fraction of sp³-hybridized carbons (Fsp3) is 0.600. The molecule has 3 saturated heterocycles. The summed E-state index contributed by atoms with van der Waals surface area (Å²) >= 11 is 0. The van der Waals surface area contributed by atoms with Crippen LogP contribution >= 0.6 is 0 Å². The van der Waals surface area contributed by atoms with E-state index in [-0.39, 0.29) is 43.0 Å². The van der Waals surface area contributed by atoms with Crippen LogP contribution in [-0.2, 0) is 46.4 Å². The molecule has 5 aliphatic heterocycles. The van der Waals surface area contributed by atoms with Gasteiger partial charge in [0, 0.05) is 88.0 Å². The molecule has 5 amide bonds. The Bertz CT molecular complexity index is 2590. The molecule has 2 N–H and O–H groups in total. The quantitative estimate of drug-likeness (QED) is 0.182. The smallest absolute Gasteiger partial charge is 0.324 e. The van der Waals surface area contributed by atoms with Crippen molar-refractivity contribution < 1.29 is 38.2 Å². The normalized spacial score (nSPS) is 24.1. The Hall–Kier alpha value is -5.62. The number of pyridine rings is 1. The maximum atomic E-state index is 14.9. The van der Waals surface area contributed by atoms with Crippen LogP contribution in [-0.4, -0.2) is 160 Å². The van der Waals surface area contributed by atoms with Crippen LogP contribution in [0.1, 0.15) is 110 Å². The Morgan fingerprint density at radius 3 is 2.51 bits per heavy atom. The van der Waals surface area contributed by atoms with Crippen molar-refractivity contribution >= 4 is 46.2 Å². The number of piperidine rings is 1. The zero-order valence-corrected chi connectivity index (χ0v) is 44.2. The van der Waals surface area contributed by atoms with Crippen LogP contribution in [0.25, 0.3) is 27.7 Å². The van der Waals surface area contributed by atoms with Gasteiger partial charge >= 0.3 is 12.0 Å². The first-order chi connectivity index (χ1) is 34.2. The zero-order chi connectivity index (χ0) is 51.9. The van der Waals surface area contributed by atoms with Crippen molar-refractivity contribution in [3.8, 4) is 11.3 Å². The van der Waals surface area contributed by atoms with E-state index in [2.05, 4.69) is 77.9 Å². The largest absolute Gasteiger partial charge is 0.464 e. The van der Waals surface area contributed by atoms with Gasteiger partial charge in [-0.1, -0.05) is 46.4 Å². The van der Waals surface area contributed by atoms with Gasteiger partial charge in [0.05, 0.1) is 36.2 Å². The minimum Gasteiger partial charge on any atom is -0.464 e. The van der Waals surface area contributed by atoms with Gasteiger partial charge in [0.15, 0.2) is 0 Å². The molecule has 6 bridgehead atoms. The number of urea groups is 1. The Balaban J connectivity index is 1.08. The number of nitrogens with one attached hydrogen (secondary N) is 2. The van der Waals surface area contributed by atoms with E-state index in [9.17, 15) is 24.0 Å². The summed E-state index contributed by atoms with van der Waals surface area (Å²) in [4.78, 5) is 82.6. The monoisotopic (exact) mass is 992 g/mol. The Morgan fingerprint density at radius 2 is 1.82 bits per heavy atom. The summed E-state index contributed by atoms with van der Waals surface area (Å²) in [6.07, 6.45) is 8.56. The number of rotatable bonds is 9. The first kappa shape index (κ1) is 52.7. The van der Waals surface area contributed by atoms with Crippen molar-refractivity contribution in [3.05, 3.63) is 72.1 Å². The van der Waals surface area contributed by atoms with Crippen molar-refractivity contribution in [1.82, 2.24) is 44.9 Å². The third-order valence-electron chi connectivity index (χ3n) is 15.5. The van der Waals surface area contributed by atoms with Gasteiger partial charge in [-0.2, -0.15) is 0 Å². The average molecular weight is 992 g/mol. The van der Waals surface area contributed by atoms with Crippen LogP contribution < -0.4 is 10.7 Å². The molecule has 0 saturated carbocycles. The molecule has 7 heterocycles. The molecule has 3 aromatic rings. The van der Waals surface area contributed by atoms with Crippen molar-refractivity contribution in [1.29, 1.82) is 0 Å². The number of likely N-dealkylation sites (N-methyl/N-ethyl adjacent to an activating group) is 1. The first-order valence-electron chi connectivity index (χ1n) is 26.0. The van der Waals surface area contributed by atoms with E-state index in [4.69, 9.17) is 19.2 Å². The second-order valence-corrected chi connectivity index (χ2v) is 22.1. The number of aryl methyl sites for hydroxylation is 1. The molecule has 3 fully saturated rings. The summed E-state index contributed by atoms with van der Waals surface area (Å²) in [6, 6.07) is 7.75. The van der Waals surface area contributed by atoms with E-state index in [1.165, 1.54) is 16.0 Å². The molecule has 1 spiro atoms. The lowest BCUT2D eigenvalue weighted by Crippen LogP contribution is -2.64. The predicted octanol–water partition coefficient (Wildman–Crippen LogP) is 6.32. The van der Waals surface area contributed by atoms with Crippen LogP contribution in [0.5, 0.6) is 0 Å². The number of carbonyl (C=O) groups excluding carboxylic acids is 5. The minimum absolute atomic E-state index is 0.144. The van der Waals surface area contributed by atoms with Gasteiger partial charge in [0.2, 0.25) is 11.8 Å². The third kappa shape index (κ3) is 10.6. The first-order valence-corrected chi connectivity index (χ1v) is 26.0. The van der Waals surface area contributed by atoms with Gasteiger partial charge in [-0.25, -0.2) is 10.2 Å². The summed E-state index contributed by atoms with van der Waals surface area (Å²) in [7, 11) is 3.34. The van der Waals surface area contributed by atoms with Crippen LogP contribution in [0.15, 0.2) is 55.3 Å². The van der Waals surface area contributed by atoms with Crippen LogP contribution in [0.4, 0.5) is 4.79 Å². The molecule has 2 aromatic heterocycles. The van der Waals surface area contributed by atoms with Gasteiger partial charge in [-0.3, -0.25) is 34.1 Å². The number of cyclic esters (lactones) is 1. The van der Waals surface area contributed by atoms with Crippen LogP contribution in [0.2, 0.25) is 0 Å². The number of carbonyl (C=O) groups is 5. The van der Waals surface area contributed by atoms with E-state index < -0.39 is 46.7 Å². The fourth-order valence-corrected chi connectivity index (χ4v) is 11.7. The standard InChI is InChI=1S/C55H77N9O8/c1-12-45(65)63-33-55(72-54(63,8)9)22-27-61(28-23-55)52(69)59(10)47(35(3)4)49(66)57-43-32-60-25-15-17-38(31-60)37-20-21-44-40(29-37)41(48(62(44)13-2)39-18-14-24-56-46(39)36(5)70-11)30-53(6,7)34-71-51(68)42-19-16-26-64(58-42)50(43)67/h12,14,17-18,20-21,24,29,35-36,42-43,47,58H,1,13,15-16,19,22-23,25-28,30-34H2,2-11H3,(H,57,66)/t36-,42-,43-,47-/m0/s1. The van der Waals surface area contributed by atoms with Gasteiger partial charge in [-0.05, 0) is 119 Å². The second kappa shape index (κ2) is 21.1. The molecule has 1 aromatic carbocycles. The highest BCUT2D eigenvalue weighted by molar-refractivity contribution is 5.95. The van der Waals surface area contributed by atoms with Crippen LogP contribution in [0, 0.1) is 11.3 Å². The topological polar surface area (TPSA) is 171 Å². The molecule has 17 heteroatoms. The molecule has 0 radical (unpaired) electrons. The van der Waals surface area contributed by atoms with E-state index in [1.807, 2.05) is 40.7 Å². The highest BCUT2D eigenvalue weighted by Crippen LogP contribution is 2.43. The molecule has 1 unspecified atom stereocenters. The molecule has 8 rings (SSSR count). The maximum Gasteiger partial charge on any atom is 0.324 e.